The van der Waals surface area contributed by atoms with Gasteiger partial charge in [-0.1, -0.05) is 20.3 Å². The van der Waals surface area contributed by atoms with Crippen LogP contribution < -0.4 is 5.56 Å². The van der Waals surface area contributed by atoms with E-state index in [1.54, 1.807) is 4.57 Å². The van der Waals surface area contributed by atoms with E-state index >= 15 is 0 Å². The molecular formula is C19H29N3O2S. The van der Waals surface area contributed by atoms with Crippen molar-refractivity contribution in [3.8, 4) is 5.88 Å². The Morgan fingerprint density at radius 1 is 1.36 bits per heavy atom. The molecule has 1 aromatic rings. The molecule has 0 aromatic carbocycles. The summed E-state index contributed by atoms with van der Waals surface area (Å²) in [5.74, 6) is 2.50. The molecule has 0 aliphatic heterocycles. The van der Waals surface area contributed by atoms with Crippen LogP contribution in [0.3, 0.4) is 0 Å². The van der Waals surface area contributed by atoms with Gasteiger partial charge in [0.25, 0.3) is 5.56 Å². The minimum atomic E-state index is -0.358. The first kappa shape index (κ1) is 18.4. The summed E-state index contributed by atoms with van der Waals surface area (Å²) in [4.78, 5) is 19.9. The largest absolute Gasteiger partial charge is 0.494 e. The van der Waals surface area contributed by atoms with Gasteiger partial charge in [0.1, 0.15) is 5.56 Å². The van der Waals surface area contributed by atoms with Crippen LogP contribution in [-0.2, 0) is 6.54 Å². The summed E-state index contributed by atoms with van der Waals surface area (Å²) in [6.45, 7) is 8.61. The van der Waals surface area contributed by atoms with Crippen molar-refractivity contribution in [1.29, 1.82) is 0 Å². The maximum absolute atomic E-state index is 12.4. The van der Waals surface area contributed by atoms with Gasteiger partial charge in [0.05, 0.1) is 11.8 Å². The zero-order chi connectivity index (χ0) is 18.3. The molecule has 4 atom stereocenters. The molecule has 138 valence electrons. The molecule has 2 bridgehead atoms. The van der Waals surface area contributed by atoms with E-state index in [-0.39, 0.29) is 27.8 Å². The zero-order valence-corrected chi connectivity index (χ0v) is 16.4. The standard InChI is InChI=1S/C19H29N3O2S/c1-10(2)9-22-18(24)16(17(23)21-19(22)25)12(4)20-11(3)15-8-13-5-6-14(15)7-13/h10-11,13-15,24H,5-9H2,1-4H3,(H,21,23,25)/t11-,13-,14-,15+/m0/s1. The second-order valence-electron chi connectivity index (χ2n) is 8.26. The molecule has 1 heterocycles. The number of aromatic nitrogens is 2. The summed E-state index contributed by atoms with van der Waals surface area (Å²) in [7, 11) is 0. The highest BCUT2D eigenvalue weighted by molar-refractivity contribution is 7.71. The van der Waals surface area contributed by atoms with Crippen LogP contribution >= 0.6 is 12.2 Å². The lowest BCUT2D eigenvalue weighted by atomic mass is 9.84. The molecule has 3 rings (SSSR count). The Morgan fingerprint density at radius 2 is 2.08 bits per heavy atom. The normalized spacial score (nSPS) is 27.2. The Labute approximate surface area is 154 Å². The number of hydrogen-bond donors (Lipinski definition) is 2. The third kappa shape index (κ3) is 3.59. The molecule has 0 unspecified atom stereocenters. The number of aromatic hydroxyl groups is 1. The molecule has 25 heavy (non-hydrogen) atoms. The van der Waals surface area contributed by atoms with E-state index in [1.165, 1.54) is 25.7 Å². The predicted octanol–water partition coefficient (Wildman–Crippen LogP) is 3.90. The van der Waals surface area contributed by atoms with Crippen molar-refractivity contribution in [2.75, 3.05) is 0 Å². The molecule has 2 saturated carbocycles. The smallest absolute Gasteiger partial charge is 0.264 e. The van der Waals surface area contributed by atoms with Crippen LogP contribution in [0.4, 0.5) is 0 Å². The first-order chi connectivity index (χ1) is 11.8. The van der Waals surface area contributed by atoms with Gasteiger partial charge < -0.3 is 5.11 Å². The maximum Gasteiger partial charge on any atom is 0.264 e. The summed E-state index contributed by atoms with van der Waals surface area (Å²) in [5.41, 5.74) is 0.495. The highest BCUT2D eigenvalue weighted by atomic mass is 32.1. The highest BCUT2D eigenvalue weighted by Gasteiger charge is 2.41. The number of aromatic amines is 1. The quantitative estimate of drug-likeness (QED) is 0.616. The minimum absolute atomic E-state index is 0.0659. The molecule has 2 aliphatic rings. The molecule has 6 heteroatoms. The van der Waals surface area contributed by atoms with Gasteiger partial charge in [-0.25, -0.2) is 0 Å². The van der Waals surface area contributed by atoms with E-state index in [0.717, 1.165) is 11.8 Å². The molecule has 2 aliphatic carbocycles. The van der Waals surface area contributed by atoms with Gasteiger partial charge in [0, 0.05) is 6.54 Å². The fourth-order valence-electron chi connectivity index (χ4n) is 4.77. The van der Waals surface area contributed by atoms with E-state index < -0.39 is 0 Å². The van der Waals surface area contributed by atoms with Crippen molar-refractivity contribution in [3.63, 3.8) is 0 Å². The van der Waals surface area contributed by atoms with Crippen molar-refractivity contribution >= 4 is 17.9 Å². The molecule has 0 saturated heterocycles. The minimum Gasteiger partial charge on any atom is -0.494 e. The van der Waals surface area contributed by atoms with Crippen LogP contribution in [0.15, 0.2) is 9.79 Å². The predicted molar refractivity (Wildman–Crippen MR) is 103 cm³/mol. The van der Waals surface area contributed by atoms with Crippen LogP contribution in [0.2, 0.25) is 0 Å². The number of H-pyrrole nitrogens is 1. The molecule has 2 N–H and O–H groups in total. The fourth-order valence-corrected chi connectivity index (χ4v) is 5.02. The first-order valence-corrected chi connectivity index (χ1v) is 9.79. The van der Waals surface area contributed by atoms with Crippen molar-refractivity contribution in [2.24, 2.45) is 28.7 Å². The van der Waals surface area contributed by atoms with Crippen LogP contribution in [-0.4, -0.2) is 26.4 Å². The average Bonchev–Trinajstić information content (AvgIpc) is 3.13. The Kier molecular flexibility index (Phi) is 5.19. The third-order valence-electron chi connectivity index (χ3n) is 5.89. The van der Waals surface area contributed by atoms with Crippen molar-refractivity contribution < 1.29 is 5.11 Å². The molecular weight excluding hydrogens is 334 g/mol. The number of nitrogens with one attached hydrogen (secondary N) is 1. The van der Waals surface area contributed by atoms with Gasteiger partial charge in [-0.3, -0.25) is 19.3 Å². The average molecular weight is 364 g/mol. The Bertz CT molecular complexity index is 793. The lowest BCUT2D eigenvalue weighted by Gasteiger charge is -2.25. The topological polar surface area (TPSA) is 70.4 Å². The summed E-state index contributed by atoms with van der Waals surface area (Å²) in [5, 5.41) is 10.6. The molecule has 0 radical (unpaired) electrons. The van der Waals surface area contributed by atoms with Gasteiger partial charge in [-0.15, -0.1) is 0 Å². The SMILES string of the molecule is CC(=N[C@@H](C)[C@H]1C[C@H]2CC[C@H]1C2)c1c(O)n(CC(C)C)c(=S)[nH]c1=O. The van der Waals surface area contributed by atoms with Crippen LogP contribution in [0.1, 0.15) is 58.9 Å². The summed E-state index contributed by atoms with van der Waals surface area (Å²) in [6.07, 6.45) is 5.28. The van der Waals surface area contributed by atoms with Gasteiger partial charge in [-0.05, 0) is 69.0 Å². The second kappa shape index (κ2) is 7.06. The summed E-state index contributed by atoms with van der Waals surface area (Å²) >= 11 is 5.21. The van der Waals surface area contributed by atoms with Crippen molar-refractivity contribution in [3.05, 3.63) is 20.7 Å². The highest BCUT2D eigenvalue weighted by Crippen LogP contribution is 2.50. The lowest BCUT2D eigenvalue weighted by Crippen LogP contribution is -2.26. The third-order valence-corrected chi connectivity index (χ3v) is 6.21. The Balaban J connectivity index is 1.92. The number of rotatable bonds is 5. The maximum atomic E-state index is 12.4. The summed E-state index contributed by atoms with van der Waals surface area (Å²) in [6, 6.07) is 0.177. The second-order valence-corrected chi connectivity index (χ2v) is 8.64. The van der Waals surface area contributed by atoms with Gasteiger partial charge in [0.2, 0.25) is 5.88 Å². The van der Waals surface area contributed by atoms with Gasteiger partial charge in [-0.2, -0.15) is 0 Å². The fraction of sp³-hybridized carbons (Fsp3) is 0.737. The van der Waals surface area contributed by atoms with Crippen LogP contribution in [0.5, 0.6) is 5.88 Å². The first-order valence-electron chi connectivity index (χ1n) is 9.38. The number of nitrogens with zero attached hydrogens (tertiary/aromatic N) is 2. The molecule has 0 spiro atoms. The number of aliphatic imine (C=N–C) groups is 1. The van der Waals surface area contributed by atoms with Gasteiger partial charge >= 0.3 is 0 Å². The number of fused-ring (bicyclic) bond motifs is 2. The van der Waals surface area contributed by atoms with E-state index in [2.05, 4.69) is 11.9 Å². The monoisotopic (exact) mass is 363 g/mol. The van der Waals surface area contributed by atoms with E-state index in [1.807, 2.05) is 20.8 Å². The van der Waals surface area contributed by atoms with Crippen LogP contribution in [0.25, 0.3) is 0 Å². The van der Waals surface area contributed by atoms with E-state index in [4.69, 9.17) is 17.2 Å². The van der Waals surface area contributed by atoms with Crippen LogP contribution in [0, 0.1) is 28.4 Å². The molecule has 1 aromatic heterocycles. The Hall–Kier alpha value is -1.43. The molecule has 0 amide bonds. The Morgan fingerprint density at radius 3 is 2.64 bits per heavy atom. The van der Waals surface area contributed by atoms with E-state index in [9.17, 15) is 9.90 Å². The number of hydrogen-bond acceptors (Lipinski definition) is 4. The summed E-state index contributed by atoms with van der Waals surface area (Å²) < 4.78 is 1.85. The van der Waals surface area contributed by atoms with E-state index in [0.29, 0.717) is 24.1 Å². The molecule has 2 fully saturated rings. The van der Waals surface area contributed by atoms with Crippen molar-refractivity contribution in [2.45, 2.75) is 66.0 Å². The zero-order valence-electron chi connectivity index (χ0n) is 15.6. The van der Waals surface area contributed by atoms with Crippen molar-refractivity contribution in [1.82, 2.24) is 9.55 Å². The molecule has 5 nitrogen and oxygen atoms in total. The lowest BCUT2D eigenvalue weighted by molar-refractivity contribution is 0.294. The van der Waals surface area contributed by atoms with Gasteiger partial charge in [0.15, 0.2) is 4.77 Å².